The Morgan fingerprint density at radius 3 is 2.33 bits per heavy atom. The third kappa shape index (κ3) is 17.9. The lowest BCUT2D eigenvalue weighted by molar-refractivity contribution is 0.128. The summed E-state index contributed by atoms with van der Waals surface area (Å²) in [4.78, 5) is 4.18. The first-order valence-electron chi connectivity index (χ1n) is 7.80. The molecule has 21 heavy (non-hydrogen) atoms. The second-order valence-electron chi connectivity index (χ2n) is 5.12. The van der Waals surface area contributed by atoms with E-state index in [1.54, 1.807) is 7.05 Å². The molecule has 0 amide bonds. The van der Waals surface area contributed by atoms with Gasteiger partial charge in [0.2, 0.25) is 0 Å². The molecule has 0 saturated heterocycles. The fraction of sp³-hybridized carbons (Fsp3) is 0.933. The average Bonchev–Trinajstić information content (AvgIpc) is 2.43. The molecule has 128 valence electrons. The van der Waals surface area contributed by atoms with Gasteiger partial charge in [0.15, 0.2) is 5.96 Å². The summed E-state index contributed by atoms with van der Waals surface area (Å²) < 4.78 is 10.8. The minimum Gasteiger partial charge on any atom is -0.382 e. The Bertz CT molecular complexity index is 239. The average molecular weight is 415 g/mol. The van der Waals surface area contributed by atoms with Crippen LogP contribution in [0.4, 0.5) is 0 Å². The molecule has 0 rings (SSSR count). The van der Waals surface area contributed by atoms with Gasteiger partial charge in [-0.25, -0.2) is 0 Å². The zero-order valence-electron chi connectivity index (χ0n) is 14.1. The van der Waals surface area contributed by atoms with E-state index in [0.717, 1.165) is 64.7 Å². The van der Waals surface area contributed by atoms with Crippen LogP contribution in [0.25, 0.3) is 0 Å². The molecule has 0 atom stereocenters. The zero-order chi connectivity index (χ0) is 15.1. The highest BCUT2D eigenvalue weighted by Gasteiger charge is 1.97. The van der Waals surface area contributed by atoms with Gasteiger partial charge in [-0.2, -0.15) is 0 Å². The van der Waals surface area contributed by atoms with Crippen LogP contribution in [0, 0.1) is 5.92 Å². The third-order valence-electron chi connectivity index (χ3n) is 2.81. The highest BCUT2D eigenvalue weighted by atomic mass is 127. The molecule has 0 aliphatic rings. The predicted octanol–water partition coefficient (Wildman–Crippen LogP) is 2.65. The van der Waals surface area contributed by atoms with Crippen molar-refractivity contribution in [2.45, 2.75) is 40.0 Å². The Kier molecular flexibility index (Phi) is 19.8. The first kappa shape index (κ1) is 23.2. The van der Waals surface area contributed by atoms with Crippen LogP contribution >= 0.6 is 24.0 Å². The molecule has 0 aromatic heterocycles. The van der Waals surface area contributed by atoms with Crippen molar-refractivity contribution in [3.8, 4) is 0 Å². The van der Waals surface area contributed by atoms with E-state index in [4.69, 9.17) is 9.47 Å². The molecule has 0 radical (unpaired) electrons. The Labute approximate surface area is 147 Å². The van der Waals surface area contributed by atoms with Gasteiger partial charge < -0.3 is 20.1 Å². The molecule has 0 spiro atoms. The maximum Gasteiger partial charge on any atom is 0.191 e. The highest BCUT2D eigenvalue weighted by molar-refractivity contribution is 14.0. The minimum absolute atomic E-state index is 0. The van der Waals surface area contributed by atoms with E-state index < -0.39 is 0 Å². The fourth-order valence-electron chi connectivity index (χ4n) is 1.56. The number of rotatable bonds is 12. The molecule has 0 saturated carbocycles. The molecule has 0 bridgehead atoms. The summed E-state index contributed by atoms with van der Waals surface area (Å²) in [5.41, 5.74) is 0. The first-order valence-corrected chi connectivity index (χ1v) is 7.80. The summed E-state index contributed by atoms with van der Waals surface area (Å²) in [6.45, 7) is 11.3. The number of aliphatic imine (C=N–C) groups is 1. The summed E-state index contributed by atoms with van der Waals surface area (Å²) in [5.74, 6) is 1.54. The number of nitrogens with zero attached hydrogens (tertiary/aromatic N) is 1. The maximum atomic E-state index is 5.55. The van der Waals surface area contributed by atoms with Crippen molar-refractivity contribution in [2.75, 3.05) is 46.6 Å². The van der Waals surface area contributed by atoms with Gasteiger partial charge in [0.05, 0.1) is 6.61 Å². The standard InChI is InChI=1S/C15H33N3O2.HI/c1-5-19-11-7-6-9-17-15(16-4)18-10-13-20-12-8-14(2)3;/h14H,5-13H2,1-4H3,(H2,16,17,18);1H. The van der Waals surface area contributed by atoms with Crippen LogP contribution in [0.2, 0.25) is 0 Å². The van der Waals surface area contributed by atoms with Gasteiger partial charge in [0, 0.05) is 40.0 Å². The van der Waals surface area contributed by atoms with Gasteiger partial charge in [0.25, 0.3) is 0 Å². The van der Waals surface area contributed by atoms with E-state index in [0.29, 0.717) is 5.92 Å². The first-order chi connectivity index (χ1) is 9.70. The Balaban J connectivity index is 0. The summed E-state index contributed by atoms with van der Waals surface area (Å²) in [5, 5.41) is 6.53. The predicted molar refractivity (Wildman–Crippen MR) is 101 cm³/mol. The van der Waals surface area contributed by atoms with Crippen LogP contribution in [-0.4, -0.2) is 52.5 Å². The number of hydrogen-bond acceptors (Lipinski definition) is 3. The van der Waals surface area contributed by atoms with Gasteiger partial charge in [-0.1, -0.05) is 13.8 Å². The molecule has 0 aromatic carbocycles. The van der Waals surface area contributed by atoms with Crippen molar-refractivity contribution >= 4 is 29.9 Å². The van der Waals surface area contributed by atoms with Crippen LogP contribution in [0.1, 0.15) is 40.0 Å². The number of guanidine groups is 1. The van der Waals surface area contributed by atoms with E-state index in [1.165, 1.54) is 0 Å². The second-order valence-corrected chi connectivity index (χ2v) is 5.12. The normalized spacial score (nSPS) is 11.4. The number of nitrogens with one attached hydrogen (secondary N) is 2. The highest BCUT2D eigenvalue weighted by Crippen LogP contribution is 1.98. The molecule has 6 heteroatoms. The van der Waals surface area contributed by atoms with Gasteiger partial charge in [-0.3, -0.25) is 4.99 Å². The van der Waals surface area contributed by atoms with Crippen molar-refractivity contribution in [1.29, 1.82) is 0 Å². The maximum absolute atomic E-state index is 5.55. The van der Waals surface area contributed by atoms with Crippen molar-refractivity contribution in [3.63, 3.8) is 0 Å². The summed E-state index contributed by atoms with van der Waals surface area (Å²) in [7, 11) is 1.79. The van der Waals surface area contributed by atoms with Crippen LogP contribution in [0.3, 0.4) is 0 Å². The van der Waals surface area contributed by atoms with Crippen molar-refractivity contribution in [2.24, 2.45) is 10.9 Å². The van der Waals surface area contributed by atoms with E-state index in [-0.39, 0.29) is 24.0 Å². The van der Waals surface area contributed by atoms with E-state index >= 15 is 0 Å². The van der Waals surface area contributed by atoms with Gasteiger partial charge in [0.1, 0.15) is 0 Å². The Morgan fingerprint density at radius 1 is 1.00 bits per heavy atom. The number of hydrogen-bond donors (Lipinski definition) is 2. The van der Waals surface area contributed by atoms with Crippen LogP contribution in [-0.2, 0) is 9.47 Å². The molecule has 0 fully saturated rings. The summed E-state index contributed by atoms with van der Waals surface area (Å²) in [6.07, 6.45) is 3.29. The summed E-state index contributed by atoms with van der Waals surface area (Å²) >= 11 is 0. The number of ether oxygens (including phenoxy) is 2. The molecule has 0 aliphatic heterocycles. The molecule has 0 aromatic rings. The molecule has 0 heterocycles. The van der Waals surface area contributed by atoms with E-state index in [2.05, 4.69) is 29.5 Å². The molecule has 2 N–H and O–H groups in total. The SMILES string of the molecule is CCOCCCCNC(=NC)NCCOCCC(C)C.I. The van der Waals surface area contributed by atoms with E-state index in [9.17, 15) is 0 Å². The van der Waals surface area contributed by atoms with Gasteiger partial charge >= 0.3 is 0 Å². The third-order valence-corrected chi connectivity index (χ3v) is 2.81. The summed E-state index contributed by atoms with van der Waals surface area (Å²) in [6, 6.07) is 0. The van der Waals surface area contributed by atoms with Crippen LogP contribution < -0.4 is 10.6 Å². The fourth-order valence-corrected chi connectivity index (χ4v) is 1.56. The number of unbranched alkanes of at least 4 members (excludes halogenated alkanes) is 1. The lowest BCUT2D eigenvalue weighted by Crippen LogP contribution is -2.39. The molecule has 5 nitrogen and oxygen atoms in total. The van der Waals surface area contributed by atoms with Crippen molar-refractivity contribution < 1.29 is 9.47 Å². The van der Waals surface area contributed by atoms with Crippen LogP contribution in [0.5, 0.6) is 0 Å². The van der Waals surface area contributed by atoms with Crippen LogP contribution in [0.15, 0.2) is 4.99 Å². The zero-order valence-corrected chi connectivity index (χ0v) is 16.4. The lowest BCUT2D eigenvalue weighted by Gasteiger charge is -2.12. The largest absolute Gasteiger partial charge is 0.382 e. The molecule has 0 unspecified atom stereocenters. The smallest absolute Gasteiger partial charge is 0.191 e. The molecular weight excluding hydrogens is 381 g/mol. The topological polar surface area (TPSA) is 54.9 Å². The minimum atomic E-state index is 0. The number of halogens is 1. The Morgan fingerprint density at radius 2 is 1.71 bits per heavy atom. The van der Waals surface area contributed by atoms with Crippen molar-refractivity contribution in [1.82, 2.24) is 10.6 Å². The second kappa shape index (κ2) is 18.0. The van der Waals surface area contributed by atoms with Gasteiger partial charge in [-0.15, -0.1) is 24.0 Å². The molecular formula is C15H34IN3O2. The van der Waals surface area contributed by atoms with Crippen molar-refractivity contribution in [3.05, 3.63) is 0 Å². The lowest BCUT2D eigenvalue weighted by atomic mass is 10.1. The van der Waals surface area contributed by atoms with E-state index in [1.807, 2.05) is 6.92 Å². The molecule has 0 aliphatic carbocycles. The quantitative estimate of drug-likeness (QED) is 0.223. The van der Waals surface area contributed by atoms with Gasteiger partial charge in [-0.05, 0) is 32.1 Å². The monoisotopic (exact) mass is 415 g/mol. The Hall–Kier alpha value is -0.0800.